The summed E-state index contributed by atoms with van der Waals surface area (Å²) in [6.45, 7) is 3.85. The van der Waals surface area contributed by atoms with Gasteiger partial charge < -0.3 is 4.74 Å². The summed E-state index contributed by atoms with van der Waals surface area (Å²) in [6, 6.07) is 16.9. The van der Waals surface area contributed by atoms with Crippen molar-refractivity contribution >= 4 is 28.4 Å². The summed E-state index contributed by atoms with van der Waals surface area (Å²) in [6.07, 6.45) is 1.27. The van der Waals surface area contributed by atoms with Crippen molar-refractivity contribution in [3.05, 3.63) is 82.3 Å². The van der Waals surface area contributed by atoms with Crippen molar-refractivity contribution in [2.75, 3.05) is 0 Å². The summed E-state index contributed by atoms with van der Waals surface area (Å²) in [5, 5.41) is 12.9. The first-order chi connectivity index (χ1) is 14.0. The molecule has 4 aromatic rings. The van der Waals surface area contributed by atoms with Crippen LogP contribution in [0.5, 0.6) is 11.6 Å². The zero-order chi connectivity index (χ0) is 20.4. The Labute approximate surface area is 171 Å². The molecule has 0 amide bonds. The molecule has 0 atom stereocenters. The molecule has 2 aromatic heterocycles. The maximum Gasteiger partial charge on any atom is 0.363 e. The quantitative estimate of drug-likeness (QED) is 0.247. The Kier molecular flexibility index (Phi) is 5.09. The molecule has 0 fully saturated rings. The van der Waals surface area contributed by atoms with Gasteiger partial charge in [0.25, 0.3) is 0 Å². The number of rotatable bonds is 5. The predicted molar refractivity (Wildman–Crippen MR) is 111 cm³/mol. The van der Waals surface area contributed by atoms with Gasteiger partial charge in [-0.15, -0.1) is 0 Å². The van der Waals surface area contributed by atoms with Crippen molar-refractivity contribution in [3.63, 3.8) is 0 Å². The summed E-state index contributed by atoms with van der Waals surface area (Å²) in [4.78, 5) is 24.8. The molecular weight excluding hydrogens is 388 g/mol. The predicted octanol–water partition coefficient (Wildman–Crippen LogP) is 5.49. The maximum atomic E-state index is 11.8. The Bertz CT molecular complexity index is 1210. The molecule has 0 aliphatic heterocycles. The van der Waals surface area contributed by atoms with Crippen LogP contribution in [0.2, 0.25) is 0 Å². The number of aromatic nitrogens is 3. The van der Waals surface area contributed by atoms with Gasteiger partial charge in [-0.1, -0.05) is 47.7 Å². The highest BCUT2D eigenvalue weighted by Crippen LogP contribution is 2.40. The van der Waals surface area contributed by atoms with E-state index in [0.717, 1.165) is 21.5 Å². The number of aryl methyl sites for hydroxylation is 2. The van der Waals surface area contributed by atoms with Gasteiger partial charge in [0, 0.05) is 16.0 Å². The second-order valence-electron chi connectivity index (χ2n) is 6.39. The van der Waals surface area contributed by atoms with Crippen LogP contribution in [0.4, 0.5) is 5.69 Å². The molecule has 2 aromatic carbocycles. The van der Waals surface area contributed by atoms with E-state index in [1.165, 1.54) is 18.1 Å². The summed E-state index contributed by atoms with van der Waals surface area (Å²) in [7, 11) is 0. The molecule has 29 heavy (non-hydrogen) atoms. The Morgan fingerprint density at radius 2 is 1.79 bits per heavy atom. The molecule has 4 rings (SSSR count). The molecule has 0 N–H and O–H groups in total. The number of nitro groups is 1. The third kappa shape index (κ3) is 4.02. The zero-order valence-electron chi connectivity index (χ0n) is 15.7. The Morgan fingerprint density at radius 1 is 1.00 bits per heavy atom. The molecule has 0 spiro atoms. The minimum absolute atomic E-state index is 0.115. The highest BCUT2D eigenvalue weighted by molar-refractivity contribution is 7.99. The van der Waals surface area contributed by atoms with E-state index in [-0.39, 0.29) is 16.6 Å². The van der Waals surface area contributed by atoms with Crippen LogP contribution >= 0.6 is 11.8 Å². The first-order valence-electron chi connectivity index (χ1n) is 8.79. The van der Waals surface area contributed by atoms with Crippen molar-refractivity contribution < 1.29 is 9.66 Å². The minimum atomic E-state index is -0.518. The molecule has 0 saturated heterocycles. The molecule has 2 heterocycles. The maximum absolute atomic E-state index is 11.8. The van der Waals surface area contributed by atoms with Gasteiger partial charge in [-0.25, -0.2) is 9.97 Å². The molecule has 144 valence electrons. The lowest BCUT2D eigenvalue weighted by Crippen LogP contribution is -2.00. The summed E-state index contributed by atoms with van der Waals surface area (Å²) in [5.41, 5.74) is 2.27. The van der Waals surface area contributed by atoms with Crippen molar-refractivity contribution in [2.24, 2.45) is 0 Å². The monoisotopic (exact) mass is 404 g/mol. The van der Waals surface area contributed by atoms with Crippen LogP contribution in [-0.2, 0) is 0 Å². The number of nitrogens with zero attached hydrogens (tertiary/aromatic N) is 4. The van der Waals surface area contributed by atoms with Crippen LogP contribution in [0, 0.1) is 24.0 Å². The van der Waals surface area contributed by atoms with E-state index in [1.54, 1.807) is 6.07 Å². The fourth-order valence-electron chi connectivity index (χ4n) is 2.77. The molecule has 0 unspecified atom stereocenters. The summed E-state index contributed by atoms with van der Waals surface area (Å²) in [5.74, 6) is 0.287. The molecule has 0 saturated carbocycles. The lowest BCUT2D eigenvalue weighted by atomic mass is 10.2. The van der Waals surface area contributed by atoms with Gasteiger partial charge in [0.1, 0.15) is 11.8 Å². The lowest BCUT2D eigenvalue weighted by molar-refractivity contribution is -0.389. The van der Waals surface area contributed by atoms with Crippen molar-refractivity contribution in [1.29, 1.82) is 0 Å². The zero-order valence-corrected chi connectivity index (χ0v) is 16.5. The molecule has 7 nitrogen and oxygen atoms in total. The van der Waals surface area contributed by atoms with Crippen molar-refractivity contribution in [3.8, 4) is 11.6 Å². The summed E-state index contributed by atoms with van der Waals surface area (Å²) < 4.78 is 5.87. The van der Waals surface area contributed by atoms with E-state index < -0.39 is 4.92 Å². The standard InChI is InChI=1S/C21H16N4O3S/c1-13-6-10-16(11-7-13)29-21-19(25(26)27)20(22-12-23-21)28-17-5-3-4-15-9-8-14(2)24-18(15)17/h3-12H,1-2H3. The van der Waals surface area contributed by atoms with Gasteiger partial charge in [0.15, 0.2) is 10.8 Å². The Balaban J connectivity index is 1.76. The molecule has 0 radical (unpaired) electrons. The number of para-hydroxylation sites is 1. The topological polar surface area (TPSA) is 91.0 Å². The van der Waals surface area contributed by atoms with Gasteiger partial charge in [0.2, 0.25) is 0 Å². The smallest absolute Gasteiger partial charge is 0.363 e. The molecule has 0 aliphatic carbocycles. The van der Waals surface area contributed by atoms with Crippen LogP contribution in [0.15, 0.2) is 70.8 Å². The van der Waals surface area contributed by atoms with Crippen LogP contribution in [0.25, 0.3) is 10.9 Å². The number of benzene rings is 2. The minimum Gasteiger partial charge on any atom is -0.431 e. The number of hydrogen-bond donors (Lipinski definition) is 0. The van der Waals surface area contributed by atoms with Gasteiger partial charge >= 0.3 is 11.6 Å². The highest BCUT2D eigenvalue weighted by Gasteiger charge is 2.26. The van der Waals surface area contributed by atoms with Crippen LogP contribution in [-0.4, -0.2) is 19.9 Å². The second-order valence-corrected chi connectivity index (χ2v) is 7.45. The number of hydrogen-bond acceptors (Lipinski definition) is 7. The van der Waals surface area contributed by atoms with Gasteiger partial charge in [-0.05, 0) is 38.1 Å². The first-order valence-corrected chi connectivity index (χ1v) is 9.61. The highest BCUT2D eigenvalue weighted by atomic mass is 32.2. The van der Waals surface area contributed by atoms with E-state index in [4.69, 9.17) is 4.74 Å². The largest absolute Gasteiger partial charge is 0.431 e. The Hall–Kier alpha value is -3.52. The number of pyridine rings is 1. The number of ether oxygens (including phenoxy) is 1. The second kappa shape index (κ2) is 7.84. The van der Waals surface area contributed by atoms with Crippen LogP contribution in [0.1, 0.15) is 11.3 Å². The van der Waals surface area contributed by atoms with E-state index in [9.17, 15) is 10.1 Å². The molecule has 8 heteroatoms. The average molecular weight is 404 g/mol. The normalized spacial score (nSPS) is 10.8. The molecular formula is C21H16N4O3S. The van der Waals surface area contributed by atoms with Crippen LogP contribution in [0.3, 0.4) is 0 Å². The van der Waals surface area contributed by atoms with E-state index in [2.05, 4.69) is 15.0 Å². The van der Waals surface area contributed by atoms with E-state index in [1.807, 2.05) is 62.4 Å². The molecule has 0 aliphatic rings. The third-order valence-electron chi connectivity index (χ3n) is 4.20. The van der Waals surface area contributed by atoms with E-state index in [0.29, 0.717) is 11.3 Å². The fourth-order valence-corrected chi connectivity index (χ4v) is 3.63. The van der Waals surface area contributed by atoms with Gasteiger partial charge in [-0.3, -0.25) is 10.1 Å². The van der Waals surface area contributed by atoms with E-state index >= 15 is 0 Å². The number of fused-ring (bicyclic) bond motifs is 1. The van der Waals surface area contributed by atoms with Gasteiger partial charge in [0.05, 0.1) is 4.92 Å². The van der Waals surface area contributed by atoms with Crippen molar-refractivity contribution in [1.82, 2.24) is 15.0 Å². The molecule has 0 bridgehead atoms. The SMILES string of the molecule is Cc1ccc(Sc2ncnc(Oc3cccc4ccc(C)nc34)c2[N+](=O)[O-])cc1. The van der Waals surface area contributed by atoms with Crippen molar-refractivity contribution in [2.45, 2.75) is 23.8 Å². The fraction of sp³-hybridized carbons (Fsp3) is 0.0952. The summed E-state index contributed by atoms with van der Waals surface area (Å²) >= 11 is 1.19. The lowest BCUT2D eigenvalue weighted by Gasteiger charge is -2.10. The Morgan fingerprint density at radius 3 is 2.55 bits per heavy atom. The van der Waals surface area contributed by atoms with Gasteiger partial charge in [-0.2, -0.15) is 4.98 Å². The average Bonchev–Trinajstić information content (AvgIpc) is 2.70. The first kappa shape index (κ1) is 18.8. The van der Waals surface area contributed by atoms with Crippen LogP contribution < -0.4 is 4.74 Å². The third-order valence-corrected chi connectivity index (χ3v) is 5.20.